The Bertz CT molecular complexity index is 816. The van der Waals surface area contributed by atoms with Crippen molar-refractivity contribution >= 4 is 32.5 Å². The summed E-state index contributed by atoms with van der Waals surface area (Å²) in [7, 11) is -3.31. The van der Waals surface area contributed by atoms with Gasteiger partial charge in [-0.1, -0.05) is 38.0 Å². The van der Waals surface area contributed by atoms with Gasteiger partial charge in [-0.3, -0.25) is 9.78 Å². The number of unbranched alkanes of at least 4 members (excludes halogenated alkanes) is 2. The molecular formula is C18H25N3O3S. The molecular weight excluding hydrogens is 338 g/mol. The smallest absolute Gasteiger partial charge is 0.225 e. The van der Waals surface area contributed by atoms with E-state index >= 15 is 0 Å². The van der Waals surface area contributed by atoms with Crippen LogP contribution in [0.15, 0.2) is 36.5 Å². The van der Waals surface area contributed by atoms with Crippen LogP contribution in [0, 0.1) is 0 Å². The number of anilines is 1. The molecule has 1 N–H and O–H groups in total. The molecule has 0 unspecified atom stereocenters. The summed E-state index contributed by atoms with van der Waals surface area (Å²) in [5, 5.41) is 3.78. The highest BCUT2D eigenvalue weighted by Gasteiger charge is 2.17. The number of benzene rings is 1. The van der Waals surface area contributed by atoms with Crippen LogP contribution in [-0.2, 0) is 14.8 Å². The number of carbonyl (C=O) groups is 1. The van der Waals surface area contributed by atoms with Crippen LogP contribution in [0.3, 0.4) is 0 Å². The van der Waals surface area contributed by atoms with Gasteiger partial charge in [0.25, 0.3) is 0 Å². The third-order valence-electron chi connectivity index (χ3n) is 3.98. The third kappa shape index (κ3) is 5.79. The molecule has 0 saturated heterocycles. The summed E-state index contributed by atoms with van der Waals surface area (Å²) in [6.07, 6.45) is 5.77. The Balaban J connectivity index is 1.98. The lowest BCUT2D eigenvalue weighted by atomic mass is 10.2. The van der Waals surface area contributed by atoms with Gasteiger partial charge in [0, 0.05) is 31.1 Å². The maximum atomic E-state index is 12.3. The number of fused-ring (bicyclic) bond motifs is 1. The van der Waals surface area contributed by atoms with Gasteiger partial charge in [0.05, 0.1) is 17.5 Å². The summed E-state index contributed by atoms with van der Waals surface area (Å²) < 4.78 is 25.1. The first-order valence-electron chi connectivity index (χ1n) is 8.50. The molecule has 1 aromatic carbocycles. The number of carbonyl (C=O) groups excluding carboxylic acids is 1. The maximum Gasteiger partial charge on any atom is 0.225 e. The molecule has 0 aliphatic carbocycles. The van der Waals surface area contributed by atoms with Gasteiger partial charge in [0.2, 0.25) is 15.9 Å². The van der Waals surface area contributed by atoms with Crippen molar-refractivity contribution in [1.82, 2.24) is 9.29 Å². The first-order chi connectivity index (χ1) is 11.9. The monoisotopic (exact) mass is 363 g/mol. The number of hydrogen-bond donors (Lipinski definition) is 1. The summed E-state index contributed by atoms with van der Waals surface area (Å²) in [5.74, 6) is -0.220. The van der Waals surface area contributed by atoms with Crippen molar-refractivity contribution in [2.24, 2.45) is 0 Å². The van der Waals surface area contributed by atoms with Crippen LogP contribution >= 0.6 is 0 Å². The third-order valence-corrected chi connectivity index (χ3v) is 5.28. The molecule has 0 radical (unpaired) electrons. The van der Waals surface area contributed by atoms with Crippen LogP contribution in [0.1, 0.15) is 32.6 Å². The molecule has 0 bridgehead atoms. The van der Waals surface area contributed by atoms with E-state index in [4.69, 9.17) is 0 Å². The van der Waals surface area contributed by atoms with Crippen LogP contribution in [0.5, 0.6) is 0 Å². The largest absolute Gasteiger partial charge is 0.324 e. The summed E-state index contributed by atoms with van der Waals surface area (Å²) in [4.78, 5) is 16.6. The van der Waals surface area contributed by atoms with E-state index in [9.17, 15) is 13.2 Å². The number of hydrogen-bond acceptors (Lipinski definition) is 4. The second-order valence-electron chi connectivity index (χ2n) is 6.05. The Labute approximate surface area is 149 Å². The predicted octanol–water partition coefficient (Wildman–Crippen LogP) is 3.02. The average molecular weight is 363 g/mol. The van der Waals surface area contributed by atoms with Crippen LogP contribution < -0.4 is 5.32 Å². The molecule has 0 aliphatic rings. The quantitative estimate of drug-likeness (QED) is 0.695. The van der Waals surface area contributed by atoms with E-state index in [-0.39, 0.29) is 18.9 Å². The van der Waals surface area contributed by atoms with E-state index in [0.717, 1.165) is 30.2 Å². The van der Waals surface area contributed by atoms with Crippen molar-refractivity contribution in [3.63, 3.8) is 0 Å². The van der Waals surface area contributed by atoms with Gasteiger partial charge in [-0.2, -0.15) is 0 Å². The van der Waals surface area contributed by atoms with Crippen molar-refractivity contribution in [2.75, 3.05) is 24.7 Å². The fourth-order valence-corrected chi connectivity index (χ4v) is 3.51. The zero-order valence-electron chi connectivity index (χ0n) is 14.7. The Morgan fingerprint density at radius 3 is 2.64 bits per heavy atom. The zero-order valence-corrected chi connectivity index (χ0v) is 15.6. The number of sulfonamides is 1. The van der Waals surface area contributed by atoms with Crippen LogP contribution in [0.2, 0.25) is 0 Å². The van der Waals surface area contributed by atoms with Gasteiger partial charge in [-0.05, 0) is 18.6 Å². The second kappa shape index (κ2) is 8.92. The zero-order chi connectivity index (χ0) is 18.3. The normalized spacial score (nSPS) is 11.8. The summed E-state index contributed by atoms with van der Waals surface area (Å²) in [6.45, 7) is 2.71. The number of nitrogens with one attached hydrogen (secondary N) is 1. The highest BCUT2D eigenvalue weighted by atomic mass is 32.2. The molecule has 0 spiro atoms. The van der Waals surface area contributed by atoms with Crippen LogP contribution in [-0.4, -0.2) is 43.0 Å². The van der Waals surface area contributed by atoms with E-state index in [1.165, 1.54) is 10.6 Å². The van der Waals surface area contributed by atoms with E-state index in [1.54, 1.807) is 12.3 Å². The highest BCUT2D eigenvalue weighted by molar-refractivity contribution is 7.88. The fourth-order valence-electron chi connectivity index (χ4n) is 2.63. The number of rotatable bonds is 9. The molecule has 2 aromatic rings. The number of amides is 1. The van der Waals surface area contributed by atoms with Gasteiger partial charge in [0.1, 0.15) is 0 Å². The Morgan fingerprint density at radius 1 is 1.16 bits per heavy atom. The highest BCUT2D eigenvalue weighted by Crippen LogP contribution is 2.20. The minimum Gasteiger partial charge on any atom is -0.324 e. The molecule has 0 saturated carbocycles. The lowest BCUT2D eigenvalue weighted by Gasteiger charge is -2.19. The molecule has 25 heavy (non-hydrogen) atoms. The molecule has 6 nitrogen and oxygen atoms in total. The molecule has 1 aromatic heterocycles. The van der Waals surface area contributed by atoms with E-state index in [1.807, 2.05) is 24.3 Å². The molecule has 7 heteroatoms. The summed E-state index contributed by atoms with van der Waals surface area (Å²) >= 11 is 0. The van der Waals surface area contributed by atoms with Gasteiger partial charge in [-0.25, -0.2) is 12.7 Å². The summed E-state index contributed by atoms with van der Waals surface area (Å²) in [5.41, 5.74) is 1.36. The molecule has 0 fully saturated rings. The number of pyridine rings is 1. The maximum absolute atomic E-state index is 12.3. The first kappa shape index (κ1) is 19.3. The van der Waals surface area contributed by atoms with Crippen molar-refractivity contribution in [2.45, 2.75) is 32.6 Å². The minimum absolute atomic E-state index is 0.114. The molecule has 0 aliphatic heterocycles. The fraction of sp³-hybridized carbons (Fsp3) is 0.444. The Kier molecular flexibility index (Phi) is 6.90. The molecule has 2 rings (SSSR count). The van der Waals surface area contributed by atoms with Gasteiger partial charge in [-0.15, -0.1) is 0 Å². The average Bonchev–Trinajstić information content (AvgIpc) is 2.57. The molecule has 0 atom stereocenters. The van der Waals surface area contributed by atoms with E-state index in [0.29, 0.717) is 12.2 Å². The minimum atomic E-state index is -3.31. The van der Waals surface area contributed by atoms with Crippen molar-refractivity contribution < 1.29 is 13.2 Å². The Morgan fingerprint density at radius 2 is 1.92 bits per heavy atom. The molecule has 136 valence electrons. The first-order valence-corrected chi connectivity index (χ1v) is 10.4. The standard InChI is InChI=1S/C18H25N3O3S/c1-3-4-5-13-21(25(2,23)24)14-11-17(22)20-16-10-6-8-15-9-7-12-19-18(15)16/h6-10,12H,3-5,11,13-14H2,1-2H3,(H,20,22). The van der Waals surface area contributed by atoms with Crippen LogP contribution in [0.25, 0.3) is 10.9 Å². The number of nitrogens with zero attached hydrogens (tertiary/aromatic N) is 2. The SMILES string of the molecule is CCCCCN(CCC(=O)Nc1cccc2cccnc12)S(C)(=O)=O. The summed E-state index contributed by atoms with van der Waals surface area (Å²) in [6, 6.07) is 9.35. The van der Waals surface area contributed by atoms with E-state index < -0.39 is 10.0 Å². The number of para-hydroxylation sites is 1. The van der Waals surface area contributed by atoms with Gasteiger partial charge >= 0.3 is 0 Å². The Hall–Kier alpha value is -1.99. The van der Waals surface area contributed by atoms with Crippen LogP contribution in [0.4, 0.5) is 5.69 Å². The molecule has 1 heterocycles. The van der Waals surface area contributed by atoms with E-state index in [2.05, 4.69) is 17.2 Å². The lowest BCUT2D eigenvalue weighted by Crippen LogP contribution is -2.33. The van der Waals surface area contributed by atoms with Gasteiger partial charge in [0.15, 0.2) is 0 Å². The predicted molar refractivity (Wildman–Crippen MR) is 101 cm³/mol. The second-order valence-corrected chi connectivity index (χ2v) is 8.03. The van der Waals surface area contributed by atoms with Crippen molar-refractivity contribution in [3.8, 4) is 0 Å². The lowest BCUT2D eigenvalue weighted by molar-refractivity contribution is -0.116. The van der Waals surface area contributed by atoms with Crippen molar-refractivity contribution in [1.29, 1.82) is 0 Å². The topological polar surface area (TPSA) is 79.4 Å². The molecule has 1 amide bonds. The van der Waals surface area contributed by atoms with Crippen molar-refractivity contribution in [3.05, 3.63) is 36.5 Å². The number of aromatic nitrogens is 1. The van der Waals surface area contributed by atoms with Gasteiger partial charge < -0.3 is 5.32 Å².